The number of pyridine rings is 1. The van der Waals surface area contributed by atoms with E-state index in [2.05, 4.69) is 67.5 Å². The van der Waals surface area contributed by atoms with Gasteiger partial charge in [0.15, 0.2) is 0 Å². The van der Waals surface area contributed by atoms with Crippen molar-refractivity contribution in [2.24, 2.45) is 0 Å². The first-order valence-electron chi connectivity index (χ1n) is 8.95. The van der Waals surface area contributed by atoms with Gasteiger partial charge >= 0.3 is 0 Å². The molecule has 2 aromatic rings. The molecule has 2 fully saturated rings. The van der Waals surface area contributed by atoms with E-state index in [9.17, 15) is 0 Å². The molecule has 1 aliphatic heterocycles. The molecule has 126 valence electrons. The molecule has 2 heterocycles. The summed E-state index contributed by atoms with van der Waals surface area (Å²) in [7, 11) is 0. The highest BCUT2D eigenvalue weighted by molar-refractivity contribution is 9.10. The van der Waals surface area contributed by atoms with Gasteiger partial charge in [0, 0.05) is 35.8 Å². The van der Waals surface area contributed by atoms with E-state index in [-0.39, 0.29) is 0 Å². The zero-order valence-electron chi connectivity index (χ0n) is 13.9. The minimum Gasteiger partial charge on any atom is -0.357 e. The maximum absolute atomic E-state index is 4.47. The second-order valence-corrected chi connectivity index (χ2v) is 7.95. The Bertz CT molecular complexity index is 644. The van der Waals surface area contributed by atoms with E-state index >= 15 is 0 Å². The summed E-state index contributed by atoms with van der Waals surface area (Å²) in [6.45, 7) is 2.22. The van der Waals surface area contributed by atoms with E-state index in [1.807, 2.05) is 12.3 Å². The smallest absolute Gasteiger partial charge is 0.128 e. The maximum atomic E-state index is 4.47. The Labute approximate surface area is 152 Å². The van der Waals surface area contributed by atoms with Gasteiger partial charge in [0.05, 0.1) is 0 Å². The van der Waals surface area contributed by atoms with Crippen LogP contribution >= 0.6 is 15.9 Å². The molecular weight excluding hydrogens is 362 g/mol. The van der Waals surface area contributed by atoms with E-state index in [4.69, 9.17) is 0 Å². The predicted octanol–water partition coefficient (Wildman–Crippen LogP) is 4.35. The molecule has 0 spiro atoms. The summed E-state index contributed by atoms with van der Waals surface area (Å²) in [5, 5.41) is 3.88. The number of rotatable bonds is 4. The molecule has 24 heavy (non-hydrogen) atoms. The fraction of sp³-hybridized carbons (Fsp3) is 0.450. The van der Waals surface area contributed by atoms with E-state index in [0.717, 1.165) is 24.8 Å². The van der Waals surface area contributed by atoms with Gasteiger partial charge < -0.3 is 10.2 Å². The van der Waals surface area contributed by atoms with Crippen LogP contribution < -0.4 is 10.2 Å². The first-order chi connectivity index (χ1) is 11.8. The van der Waals surface area contributed by atoms with Crippen LogP contribution in [0.3, 0.4) is 0 Å². The quantitative estimate of drug-likeness (QED) is 0.847. The summed E-state index contributed by atoms with van der Waals surface area (Å²) in [6.07, 6.45) is 6.88. The van der Waals surface area contributed by atoms with Crippen molar-refractivity contribution < 1.29 is 0 Å². The topological polar surface area (TPSA) is 28.2 Å². The van der Waals surface area contributed by atoms with Crippen molar-refractivity contribution >= 4 is 21.7 Å². The van der Waals surface area contributed by atoms with Gasteiger partial charge in [0.1, 0.15) is 5.82 Å². The zero-order valence-corrected chi connectivity index (χ0v) is 15.5. The summed E-state index contributed by atoms with van der Waals surface area (Å²) in [4.78, 5) is 6.87. The fourth-order valence-electron chi connectivity index (χ4n) is 3.91. The third-order valence-electron chi connectivity index (χ3n) is 5.42. The lowest BCUT2D eigenvalue weighted by atomic mass is 9.75. The number of nitrogens with one attached hydrogen (secondary N) is 1. The lowest BCUT2D eigenvalue weighted by Crippen LogP contribution is -2.50. The second kappa shape index (κ2) is 7.24. The van der Waals surface area contributed by atoms with Gasteiger partial charge in [-0.25, -0.2) is 4.98 Å². The van der Waals surface area contributed by atoms with Crippen LogP contribution in [0.15, 0.2) is 53.1 Å². The largest absolute Gasteiger partial charge is 0.357 e. The van der Waals surface area contributed by atoms with Gasteiger partial charge in [-0.15, -0.1) is 0 Å². The monoisotopic (exact) mass is 385 g/mol. The molecule has 3 nitrogen and oxygen atoms in total. The Balaban J connectivity index is 1.22. The van der Waals surface area contributed by atoms with Crippen LogP contribution in [0.1, 0.15) is 37.2 Å². The lowest BCUT2D eigenvalue weighted by molar-refractivity contribution is 0.247. The van der Waals surface area contributed by atoms with Crippen molar-refractivity contribution in [1.29, 1.82) is 0 Å². The maximum Gasteiger partial charge on any atom is 0.128 e. The number of nitrogens with zero attached hydrogens (tertiary/aromatic N) is 2. The van der Waals surface area contributed by atoms with Gasteiger partial charge in [0.2, 0.25) is 0 Å². The van der Waals surface area contributed by atoms with Crippen molar-refractivity contribution in [2.75, 3.05) is 18.0 Å². The van der Waals surface area contributed by atoms with E-state index in [1.165, 1.54) is 35.7 Å². The van der Waals surface area contributed by atoms with Gasteiger partial charge in [0.25, 0.3) is 0 Å². The second-order valence-electron chi connectivity index (χ2n) is 7.03. The number of anilines is 1. The standard InChI is InChI=1S/C20H24BrN3/c21-17-6-4-15(5-7-17)16-13-19(14-16)23-18-8-11-24(12-9-18)20-3-1-2-10-22-20/h1-7,10,16,18-19,23H,8-9,11-14H2. The third kappa shape index (κ3) is 3.65. The number of halogens is 1. The number of hydrogen-bond donors (Lipinski definition) is 1. The van der Waals surface area contributed by atoms with E-state index < -0.39 is 0 Å². The molecule has 2 aliphatic rings. The molecule has 0 radical (unpaired) electrons. The Morgan fingerprint density at radius 1 is 0.958 bits per heavy atom. The molecule has 4 rings (SSSR count). The van der Waals surface area contributed by atoms with Crippen LogP contribution in [0, 0.1) is 0 Å². The molecular formula is C20H24BrN3. The van der Waals surface area contributed by atoms with Crippen molar-refractivity contribution in [3.05, 3.63) is 58.7 Å². The number of piperidine rings is 1. The van der Waals surface area contributed by atoms with Crippen LogP contribution in [0.2, 0.25) is 0 Å². The molecule has 1 aliphatic carbocycles. The zero-order chi connectivity index (χ0) is 16.4. The minimum atomic E-state index is 0.667. The average molecular weight is 386 g/mol. The molecule has 1 aromatic heterocycles. The van der Waals surface area contributed by atoms with Crippen molar-refractivity contribution in [2.45, 2.75) is 43.7 Å². The molecule has 1 saturated heterocycles. The van der Waals surface area contributed by atoms with Crippen LogP contribution in [0.5, 0.6) is 0 Å². The van der Waals surface area contributed by atoms with Crippen LogP contribution in [0.25, 0.3) is 0 Å². The highest BCUT2D eigenvalue weighted by Gasteiger charge is 2.32. The Kier molecular flexibility index (Phi) is 4.86. The van der Waals surface area contributed by atoms with Gasteiger partial charge in [-0.2, -0.15) is 0 Å². The summed E-state index contributed by atoms with van der Waals surface area (Å²) in [5.41, 5.74) is 1.49. The number of benzene rings is 1. The molecule has 1 saturated carbocycles. The van der Waals surface area contributed by atoms with Gasteiger partial charge in [-0.05, 0) is 61.4 Å². The van der Waals surface area contributed by atoms with Crippen LogP contribution in [-0.4, -0.2) is 30.2 Å². The SMILES string of the molecule is Brc1ccc(C2CC(NC3CCN(c4ccccn4)CC3)C2)cc1. The van der Waals surface area contributed by atoms with E-state index in [1.54, 1.807) is 0 Å². The van der Waals surface area contributed by atoms with Crippen molar-refractivity contribution in [3.63, 3.8) is 0 Å². The Hall–Kier alpha value is -1.39. The molecule has 1 N–H and O–H groups in total. The summed E-state index contributed by atoms with van der Waals surface area (Å²) in [5.74, 6) is 1.86. The minimum absolute atomic E-state index is 0.667. The first-order valence-corrected chi connectivity index (χ1v) is 9.75. The number of hydrogen-bond acceptors (Lipinski definition) is 3. The van der Waals surface area contributed by atoms with Crippen molar-refractivity contribution in [1.82, 2.24) is 10.3 Å². The predicted molar refractivity (Wildman–Crippen MR) is 103 cm³/mol. The molecule has 0 atom stereocenters. The van der Waals surface area contributed by atoms with Crippen LogP contribution in [-0.2, 0) is 0 Å². The van der Waals surface area contributed by atoms with Gasteiger partial charge in [-0.3, -0.25) is 0 Å². The van der Waals surface area contributed by atoms with E-state index in [0.29, 0.717) is 12.1 Å². The third-order valence-corrected chi connectivity index (χ3v) is 5.95. The molecule has 0 unspecified atom stereocenters. The summed E-state index contributed by atoms with van der Waals surface area (Å²) >= 11 is 3.51. The first kappa shape index (κ1) is 16.1. The van der Waals surface area contributed by atoms with Gasteiger partial charge in [-0.1, -0.05) is 34.1 Å². The fourth-order valence-corrected chi connectivity index (χ4v) is 4.17. The Morgan fingerprint density at radius 3 is 2.38 bits per heavy atom. The molecule has 4 heteroatoms. The molecule has 0 bridgehead atoms. The molecule has 1 aromatic carbocycles. The lowest BCUT2D eigenvalue weighted by Gasteiger charge is -2.41. The highest BCUT2D eigenvalue weighted by Crippen LogP contribution is 2.37. The summed E-state index contributed by atoms with van der Waals surface area (Å²) in [6, 6.07) is 16.4. The molecule has 0 amide bonds. The summed E-state index contributed by atoms with van der Waals surface area (Å²) < 4.78 is 1.17. The number of aromatic nitrogens is 1. The highest BCUT2D eigenvalue weighted by atomic mass is 79.9. The Morgan fingerprint density at radius 2 is 1.71 bits per heavy atom. The normalized spacial score (nSPS) is 24.6. The van der Waals surface area contributed by atoms with Crippen LogP contribution in [0.4, 0.5) is 5.82 Å². The average Bonchev–Trinajstić information content (AvgIpc) is 2.60. The van der Waals surface area contributed by atoms with Crippen molar-refractivity contribution in [3.8, 4) is 0 Å².